The van der Waals surface area contributed by atoms with E-state index < -0.39 is 0 Å². The molecule has 3 rings (SSSR count). The Morgan fingerprint density at radius 1 is 1.29 bits per heavy atom. The number of likely N-dealkylation sites (tertiary alicyclic amines) is 2. The highest BCUT2D eigenvalue weighted by Crippen LogP contribution is 2.40. The quantitative estimate of drug-likeness (QED) is 0.723. The number of rotatable bonds is 5. The van der Waals surface area contributed by atoms with Crippen LogP contribution in [0, 0.1) is 0 Å². The molecule has 0 aromatic heterocycles. The Labute approximate surface area is 147 Å². The molecule has 4 nitrogen and oxygen atoms in total. The highest BCUT2D eigenvalue weighted by molar-refractivity contribution is 5.78. The van der Waals surface area contributed by atoms with E-state index in [0.717, 1.165) is 52.0 Å². The van der Waals surface area contributed by atoms with Crippen molar-refractivity contribution in [2.75, 3.05) is 33.4 Å². The van der Waals surface area contributed by atoms with Gasteiger partial charge in [-0.2, -0.15) is 0 Å². The Bertz CT molecular complexity index is 466. The van der Waals surface area contributed by atoms with E-state index in [0.29, 0.717) is 23.9 Å². The van der Waals surface area contributed by atoms with Crippen molar-refractivity contribution in [2.24, 2.45) is 0 Å². The number of ether oxygens (including phenoxy) is 1. The second kappa shape index (κ2) is 8.01. The van der Waals surface area contributed by atoms with Crippen LogP contribution in [0.2, 0.25) is 0 Å². The van der Waals surface area contributed by atoms with Crippen LogP contribution in [0.25, 0.3) is 0 Å². The number of carbonyl (C=O) groups is 1. The molecule has 24 heavy (non-hydrogen) atoms. The van der Waals surface area contributed by atoms with Crippen molar-refractivity contribution in [3.63, 3.8) is 0 Å². The normalized spacial score (nSPS) is 27.5. The largest absolute Gasteiger partial charge is 0.380 e. The minimum Gasteiger partial charge on any atom is -0.380 e. The average molecular weight is 335 g/mol. The first-order valence-electron chi connectivity index (χ1n) is 9.91. The van der Waals surface area contributed by atoms with Crippen LogP contribution >= 0.6 is 0 Å². The van der Waals surface area contributed by atoms with Crippen LogP contribution in [0.1, 0.15) is 64.7 Å². The van der Waals surface area contributed by atoms with Crippen LogP contribution in [-0.2, 0) is 9.53 Å². The Morgan fingerprint density at radius 3 is 2.75 bits per heavy atom. The van der Waals surface area contributed by atoms with Crippen molar-refractivity contribution in [3.05, 3.63) is 11.6 Å². The lowest BCUT2D eigenvalue weighted by molar-refractivity contribution is -0.133. The van der Waals surface area contributed by atoms with Crippen LogP contribution in [0.5, 0.6) is 0 Å². The predicted octanol–water partition coefficient (Wildman–Crippen LogP) is 3.37. The first kappa shape index (κ1) is 17.9. The molecule has 2 aliphatic heterocycles. The van der Waals surface area contributed by atoms with Crippen molar-refractivity contribution in [2.45, 2.75) is 76.3 Å². The van der Waals surface area contributed by atoms with Gasteiger partial charge in [0.1, 0.15) is 0 Å². The summed E-state index contributed by atoms with van der Waals surface area (Å²) < 4.78 is 5.65. The zero-order valence-corrected chi connectivity index (χ0v) is 15.6. The lowest BCUT2D eigenvalue weighted by Gasteiger charge is -2.45. The summed E-state index contributed by atoms with van der Waals surface area (Å²) in [5.41, 5.74) is 1.68. The van der Waals surface area contributed by atoms with Crippen molar-refractivity contribution >= 4 is 5.91 Å². The van der Waals surface area contributed by atoms with Gasteiger partial charge in [0.15, 0.2) is 0 Å². The lowest BCUT2D eigenvalue weighted by Crippen LogP contribution is -2.54. The highest BCUT2D eigenvalue weighted by atomic mass is 16.5. The number of amides is 1. The summed E-state index contributed by atoms with van der Waals surface area (Å²) in [7, 11) is 2.26. The summed E-state index contributed by atoms with van der Waals surface area (Å²) in [5.74, 6) is 0.351. The third-order valence-corrected chi connectivity index (χ3v) is 6.56. The molecule has 3 aliphatic rings. The molecule has 4 heteroatoms. The Balaban J connectivity index is 1.50. The van der Waals surface area contributed by atoms with Gasteiger partial charge in [-0.1, -0.05) is 11.6 Å². The van der Waals surface area contributed by atoms with E-state index in [1.165, 1.54) is 31.3 Å². The molecule has 0 N–H and O–H groups in total. The third-order valence-electron chi connectivity index (χ3n) is 6.56. The molecular formula is C20H34N2O2. The van der Waals surface area contributed by atoms with Gasteiger partial charge in [-0.3, -0.25) is 9.69 Å². The fraction of sp³-hybridized carbons (Fsp3) is 0.850. The molecule has 2 fully saturated rings. The molecule has 1 amide bonds. The SMILES string of the molecule is CCOC[C@H]1CCC2(CCN(C(=O)CC3=CCCCC3)CC2)N1C. The van der Waals surface area contributed by atoms with Crippen molar-refractivity contribution < 1.29 is 9.53 Å². The van der Waals surface area contributed by atoms with Gasteiger partial charge < -0.3 is 9.64 Å². The second-order valence-corrected chi connectivity index (χ2v) is 7.85. The van der Waals surface area contributed by atoms with E-state index in [2.05, 4.69) is 29.8 Å². The zero-order chi connectivity index (χ0) is 17.0. The van der Waals surface area contributed by atoms with Gasteiger partial charge in [0.25, 0.3) is 0 Å². The van der Waals surface area contributed by atoms with Gasteiger partial charge >= 0.3 is 0 Å². The monoisotopic (exact) mass is 334 g/mol. The standard InChI is InChI=1S/C20H34N2O2/c1-3-24-16-18-9-10-20(21(18)2)11-13-22(14-12-20)19(23)15-17-7-5-4-6-8-17/h7,18H,3-6,8-16H2,1-2H3/t18-/m1/s1. The van der Waals surface area contributed by atoms with Crippen LogP contribution < -0.4 is 0 Å². The van der Waals surface area contributed by atoms with E-state index in [1.807, 2.05) is 0 Å². The summed E-state index contributed by atoms with van der Waals surface area (Å²) in [6.45, 7) is 5.58. The van der Waals surface area contributed by atoms with Gasteiger partial charge in [0.05, 0.1) is 6.61 Å². The lowest BCUT2D eigenvalue weighted by atomic mass is 9.85. The first-order chi connectivity index (χ1) is 11.6. The number of nitrogens with zero attached hydrogens (tertiary/aromatic N) is 2. The molecule has 2 heterocycles. The summed E-state index contributed by atoms with van der Waals surface area (Å²) in [6, 6.07) is 0.555. The molecule has 0 saturated carbocycles. The number of hydrogen-bond acceptors (Lipinski definition) is 3. The molecule has 0 bridgehead atoms. The summed E-state index contributed by atoms with van der Waals surface area (Å²) in [5, 5.41) is 0. The Kier molecular flexibility index (Phi) is 5.98. The van der Waals surface area contributed by atoms with E-state index in [9.17, 15) is 4.79 Å². The average Bonchev–Trinajstić information content (AvgIpc) is 2.91. The molecule has 0 radical (unpaired) electrons. The molecule has 0 aromatic rings. The van der Waals surface area contributed by atoms with Crippen LogP contribution in [0.15, 0.2) is 11.6 Å². The topological polar surface area (TPSA) is 32.8 Å². The number of likely N-dealkylation sites (N-methyl/N-ethyl adjacent to an activating group) is 1. The molecule has 0 unspecified atom stereocenters. The number of carbonyl (C=O) groups excluding carboxylic acids is 1. The van der Waals surface area contributed by atoms with Crippen LogP contribution in [-0.4, -0.2) is 60.6 Å². The minimum absolute atomic E-state index is 0.308. The summed E-state index contributed by atoms with van der Waals surface area (Å²) in [6.07, 6.45) is 12.5. The van der Waals surface area contributed by atoms with Gasteiger partial charge in [0, 0.05) is 37.7 Å². The summed E-state index contributed by atoms with van der Waals surface area (Å²) >= 11 is 0. The number of allylic oxidation sites excluding steroid dienone is 1. The maximum Gasteiger partial charge on any atom is 0.226 e. The van der Waals surface area contributed by atoms with E-state index in [4.69, 9.17) is 4.74 Å². The molecular weight excluding hydrogens is 300 g/mol. The Morgan fingerprint density at radius 2 is 2.08 bits per heavy atom. The maximum absolute atomic E-state index is 12.6. The van der Waals surface area contributed by atoms with Gasteiger partial charge in [-0.05, 0) is 65.3 Å². The number of piperidine rings is 1. The second-order valence-electron chi connectivity index (χ2n) is 7.85. The molecule has 1 atom stereocenters. The van der Waals surface area contributed by atoms with Crippen molar-refractivity contribution in [1.29, 1.82) is 0 Å². The van der Waals surface area contributed by atoms with Gasteiger partial charge in [-0.25, -0.2) is 0 Å². The Hall–Kier alpha value is -0.870. The van der Waals surface area contributed by atoms with Crippen molar-refractivity contribution in [1.82, 2.24) is 9.80 Å². The number of hydrogen-bond donors (Lipinski definition) is 0. The van der Waals surface area contributed by atoms with E-state index >= 15 is 0 Å². The minimum atomic E-state index is 0.308. The van der Waals surface area contributed by atoms with Gasteiger partial charge in [-0.15, -0.1) is 0 Å². The predicted molar refractivity (Wildman–Crippen MR) is 97.0 cm³/mol. The third kappa shape index (κ3) is 3.85. The molecule has 0 aromatic carbocycles. The van der Waals surface area contributed by atoms with Crippen molar-refractivity contribution in [3.8, 4) is 0 Å². The fourth-order valence-electron chi connectivity index (χ4n) is 4.79. The van der Waals surface area contributed by atoms with E-state index in [-0.39, 0.29) is 0 Å². The summed E-state index contributed by atoms with van der Waals surface area (Å²) in [4.78, 5) is 17.3. The zero-order valence-electron chi connectivity index (χ0n) is 15.6. The van der Waals surface area contributed by atoms with Gasteiger partial charge in [0.2, 0.25) is 5.91 Å². The highest BCUT2D eigenvalue weighted by Gasteiger charge is 2.46. The maximum atomic E-state index is 12.6. The molecule has 1 aliphatic carbocycles. The molecule has 2 saturated heterocycles. The first-order valence-corrected chi connectivity index (χ1v) is 9.91. The molecule has 136 valence electrons. The van der Waals surface area contributed by atoms with Crippen LogP contribution in [0.3, 0.4) is 0 Å². The smallest absolute Gasteiger partial charge is 0.226 e. The molecule has 1 spiro atoms. The van der Waals surface area contributed by atoms with Crippen LogP contribution in [0.4, 0.5) is 0 Å². The fourth-order valence-corrected chi connectivity index (χ4v) is 4.79. The van der Waals surface area contributed by atoms with E-state index in [1.54, 1.807) is 0 Å².